The summed E-state index contributed by atoms with van der Waals surface area (Å²) >= 11 is 0. The minimum absolute atomic E-state index is 0.124. The van der Waals surface area contributed by atoms with Gasteiger partial charge in [0.1, 0.15) is 12.1 Å². The SMILES string of the molecule is CN1CCCCC=CCCC(C(=O)O)NC(=O)C2CC(Oc3cc(-c4ccccc4)nc(-c4ccccc4)n3)CC2C1=O. The predicted molar refractivity (Wildman–Crippen MR) is 163 cm³/mol. The molecule has 224 valence electrons. The van der Waals surface area contributed by atoms with Crippen LogP contribution in [0.25, 0.3) is 22.6 Å². The maximum atomic E-state index is 13.6. The second kappa shape index (κ2) is 14.1. The number of benzene rings is 2. The van der Waals surface area contributed by atoms with Crippen molar-refractivity contribution in [3.8, 4) is 28.5 Å². The molecule has 3 aromatic rings. The molecule has 1 aliphatic carbocycles. The Morgan fingerprint density at radius 2 is 1.58 bits per heavy atom. The summed E-state index contributed by atoms with van der Waals surface area (Å²) in [6, 6.07) is 20.1. The van der Waals surface area contributed by atoms with Crippen molar-refractivity contribution in [3.05, 3.63) is 78.9 Å². The van der Waals surface area contributed by atoms with Crippen molar-refractivity contribution in [2.45, 2.75) is 57.1 Å². The van der Waals surface area contributed by atoms with Crippen molar-refractivity contribution < 1.29 is 24.2 Å². The molecule has 2 amide bonds. The summed E-state index contributed by atoms with van der Waals surface area (Å²) in [7, 11) is 1.77. The van der Waals surface area contributed by atoms with Gasteiger partial charge in [-0.25, -0.2) is 9.78 Å². The van der Waals surface area contributed by atoms with E-state index in [2.05, 4.69) is 5.32 Å². The van der Waals surface area contributed by atoms with Gasteiger partial charge in [0.15, 0.2) is 5.82 Å². The summed E-state index contributed by atoms with van der Waals surface area (Å²) < 4.78 is 6.42. The first-order valence-corrected chi connectivity index (χ1v) is 15.0. The standard InChI is InChI=1S/C34H38N4O5/c1-38-19-13-5-3-2-4-12-18-28(34(41)42)36-32(39)26-20-25(21-27(26)33(38)40)43-30-22-29(23-14-8-6-9-15-23)35-31(37-30)24-16-10-7-11-17-24/h2,4,6-11,14-17,22,25-28H,3,5,12-13,18-21H2,1H3,(H,36,39)(H,41,42). The van der Waals surface area contributed by atoms with Crippen molar-refractivity contribution >= 4 is 17.8 Å². The molecule has 0 radical (unpaired) electrons. The summed E-state index contributed by atoms with van der Waals surface area (Å²) in [6.07, 6.45) is 7.61. The van der Waals surface area contributed by atoms with Gasteiger partial charge in [0.25, 0.3) is 0 Å². The van der Waals surface area contributed by atoms with Crippen LogP contribution in [0.5, 0.6) is 5.88 Å². The molecular formula is C34H38N4O5. The Hall–Kier alpha value is -4.53. The first-order valence-electron chi connectivity index (χ1n) is 15.0. The molecule has 1 fully saturated rings. The molecular weight excluding hydrogens is 544 g/mol. The van der Waals surface area contributed by atoms with Crippen LogP contribution in [0, 0.1) is 11.8 Å². The average molecular weight is 583 g/mol. The molecule has 43 heavy (non-hydrogen) atoms. The van der Waals surface area contributed by atoms with Crippen LogP contribution in [0.4, 0.5) is 0 Å². The Bertz CT molecular complexity index is 1390. The normalized spacial score (nSPS) is 23.5. The van der Waals surface area contributed by atoms with E-state index in [1.54, 1.807) is 18.0 Å². The molecule has 2 N–H and O–H groups in total. The van der Waals surface area contributed by atoms with E-state index < -0.39 is 35.9 Å². The number of hydrogen-bond acceptors (Lipinski definition) is 6. The Balaban J connectivity index is 1.42. The highest BCUT2D eigenvalue weighted by atomic mass is 16.5. The van der Waals surface area contributed by atoms with Gasteiger partial charge in [-0.3, -0.25) is 9.59 Å². The number of amides is 2. The number of carboxylic acid groups (broad SMARTS) is 1. The minimum atomic E-state index is -1.08. The first kappa shape index (κ1) is 29.9. The zero-order valence-corrected chi connectivity index (χ0v) is 24.4. The molecule has 9 heteroatoms. The fourth-order valence-electron chi connectivity index (χ4n) is 5.82. The highest BCUT2D eigenvalue weighted by molar-refractivity contribution is 5.90. The highest BCUT2D eigenvalue weighted by Gasteiger charge is 2.45. The van der Waals surface area contributed by atoms with Crippen molar-refractivity contribution in [3.63, 3.8) is 0 Å². The van der Waals surface area contributed by atoms with Gasteiger partial charge in [0.05, 0.1) is 17.5 Å². The fourth-order valence-corrected chi connectivity index (χ4v) is 5.82. The summed E-state index contributed by atoms with van der Waals surface area (Å²) in [5.41, 5.74) is 2.45. The molecule has 5 rings (SSSR count). The molecule has 1 aromatic heterocycles. The van der Waals surface area contributed by atoms with Gasteiger partial charge in [-0.1, -0.05) is 72.8 Å². The van der Waals surface area contributed by atoms with Crippen LogP contribution in [0.1, 0.15) is 44.9 Å². The molecule has 0 bridgehead atoms. The number of ether oxygens (including phenoxy) is 1. The Kier molecular flexibility index (Phi) is 9.81. The monoisotopic (exact) mass is 582 g/mol. The first-order chi connectivity index (χ1) is 20.9. The number of nitrogens with zero attached hydrogens (tertiary/aromatic N) is 3. The number of carbonyl (C=O) groups is 3. The van der Waals surface area contributed by atoms with Crippen LogP contribution in [-0.4, -0.2) is 63.5 Å². The van der Waals surface area contributed by atoms with E-state index in [1.165, 1.54) is 0 Å². The van der Waals surface area contributed by atoms with Gasteiger partial charge in [0.2, 0.25) is 17.7 Å². The highest BCUT2D eigenvalue weighted by Crippen LogP contribution is 2.37. The maximum absolute atomic E-state index is 13.6. The lowest BCUT2D eigenvalue weighted by Gasteiger charge is -2.25. The number of hydrogen-bond donors (Lipinski definition) is 2. The number of carboxylic acids is 1. The van der Waals surface area contributed by atoms with Gasteiger partial charge in [-0.15, -0.1) is 0 Å². The molecule has 0 saturated heterocycles. The predicted octanol–water partition coefficient (Wildman–Crippen LogP) is 5.13. The zero-order chi connectivity index (χ0) is 30.2. The number of nitrogens with one attached hydrogen (secondary N) is 1. The summed E-state index contributed by atoms with van der Waals surface area (Å²) in [6.45, 7) is 0.591. The quantitative estimate of drug-likeness (QED) is 0.400. The van der Waals surface area contributed by atoms with E-state index in [0.717, 1.165) is 30.4 Å². The van der Waals surface area contributed by atoms with Crippen LogP contribution in [-0.2, 0) is 14.4 Å². The number of aromatic nitrogens is 2. The largest absolute Gasteiger partial charge is 0.480 e. The van der Waals surface area contributed by atoms with Crippen LogP contribution < -0.4 is 10.1 Å². The van der Waals surface area contributed by atoms with Gasteiger partial charge in [-0.05, 0) is 44.9 Å². The van der Waals surface area contributed by atoms with E-state index in [-0.39, 0.29) is 18.7 Å². The van der Waals surface area contributed by atoms with E-state index in [4.69, 9.17) is 14.7 Å². The Labute approximate surface area is 252 Å². The molecule has 2 heterocycles. The number of rotatable bonds is 5. The van der Waals surface area contributed by atoms with Crippen molar-refractivity contribution in [2.75, 3.05) is 13.6 Å². The van der Waals surface area contributed by atoms with Crippen LogP contribution in [0.3, 0.4) is 0 Å². The number of allylic oxidation sites excluding steroid dienone is 2. The molecule has 0 spiro atoms. The third-order valence-corrected chi connectivity index (χ3v) is 8.16. The lowest BCUT2D eigenvalue weighted by Crippen LogP contribution is -2.46. The molecule has 4 unspecified atom stereocenters. The second-order valence-electron chi connectivity index (χ2n) is 11.3. The zero-order valence-electron chi connectivity index (χ0n) is 24.4. The topological polar surface area (TPSA) is 122 Å². The number of carbonyl (C=O) groups excluding carboxylic acids is 2. The summed E-state index contributed by atoms with van der Waals surface area (Å²) in [5.74, 6) is -2.11. The smallest absolute Gasteiger partial charge is 0.326 e. The van der Waals surface area contributed by atoms with E-state index >= 15 is 0 Å². The molecule has 1 aliphatic heterocycles. The van der Waals surface area contributed by atoms with Crippen LogP contribution >= 0.6 is 0 Å². The second-order valence-corrected chi connectivity index (χ2v) is 11.3. The molecule has 4 atom stereocenters. The molecule has 1 saturated carbocycles. The third kappa shape index (κ3) is 7.66. The Morgan fingerprint density at radius 3 is 2.30 bits per heavy atom. The lowest BCUT2D eigenvalue weighted by molar-refractivity contribution is -0.144. The van der Waals surface area contributed by atoms with Crippen molar-refractivity contribution in [1.29, 1.82) is 0 Å². The molecule has 2 aromatic carbocycles. The fraction of sp³-hybridized carbons (Fsp3) is 0.382. The Morgan fingerprint density at radius 1 is 0.907 bits per heavy atom. The number of aliphatic carboxylic acids is 1. The lowest BCUT2D eigenvalue weighted by atomic mass is 9.93. The van der Waals surface area contributed by atoms with Gasteiger partial charge in [0, 0.05) is 30.8 Å². The van der Waals surface area contributed by atoms with E-state index in [9.17, 15) is 19.5 Å². The number of fused-ring (bicyclic) bond motifs is 1. The summed E-state index contributed by atoms with van der Waals surface area (Å²) in [4.78, 5) is 50.3. The van der Waals surface area contributed by atoms with Crippen LogP contribution in [0.2, 0.25) is 0 Å². The van der Waals surface area contributed by atoms with Crippen molar-refractivity contribution in [1.82, 2.24) is 20.2 Å². The average Bonchev–Trinajstić information content (AvgIpc) is 3.45. The van der Waals surface area contributed by atoms with Gasteiger partial charge in [-0.2, -0.15) is 4.98 Å². The van der Waals surface area contributed by atoms with E-state index in [1.807, 2.05) is 72.8 Å². The molecule has 9 nitrogen and oxygen atoms in total. The van der Waals surface area contributed by atoms with Gasteiger partial charge < -0.3 is 20.1 Å². The van der Waals surface area contributed by atoms with Crippen LogP contribution in [0.15, 0.2) is 78.9 Å². The third-order valence-electron chi connectivity index (χ3n) is 8.16. The van der Waals surface area contributed by atoms with Crippen molar-refractivity contribution in [2.24, 2.45) is 11.8 Å². The van der Waals surface area contributed by atoms with Gasteiger partial charge >= 0.3 is 5.97 Å². The minimum Gasteiger partial charge on any atom is -0.480 e. The summed E-state index contributed by atoms with van der Waals surface area (Å²) in [5, 5.41) is 12.5. The maximum Gasteiger partial charge on any atom is 0.326 e. The van der Waals surface area contributed by atoms with E-state index in [0.29, 0.717) is 36.8 Å². The molecule has 2 aliphatic rings.